The standard InChI is InChI=1S/C22H14FN7OS/c23-14-2-1-3-17-18(14)28-21(32-17)20-19-15(25-11-26-19)5-6-29(20)22(31)13-10-27-30-7-4-12(9-24)8-16(13)30/h1-4,7-8,10-11,20H,5-6H2,(H,25,26)/t20-/m0/s1. The van der Waals surface area contributed by atoms with Gasteiger partial charge in [0, 0.05) is 24.9 Å². The lowest BCUT2D eigenvalue weighted by atomic mass is 10.0. The second-order valence-corrected chi connectivity index (χ2v) is 8.53. The molecule has 0 unspecified atom stereocenters. The average molecular weight is 443 g/mol. The number of aromatic nitrogens is 5. The van der Waals surface area contributed by atoms with Gasteiger partial charge < -0.3 is 9.88 Å². The number of para-hydroxylation sites is 1. The molecule has 0 saturated carbocycles. The van der Waals surface area contributed by atoms with Crippen molar-refractivity contribution in [3.8, 4) is 6.07 Å². The fraction of sp³-hybridized carbons (Fsp3) is 0.136. The Morgan fingerprint density at radius 2 is 2.25 bits per heavy atom. The van der Waals surface area contributed by atoms with Crippen molar-refractivity contribution in [1.82, 2.24) is 29.5 Å². The van der Waals surface area contributed by atoms with E-state index in [0.717, 1.165) is 5.69 Å². The van der Waals surface area contributed by atoms with Crippen LogP contribution < -0.4 is 0 Å². The molecule has 32 heavy (non-hydrogen) atoms. The van der Waals surface area contributed by atoms with Crippen molar-refractivity contribution in [3.63, 3.8) is 0 Å². The summed E-state index contributed by atoms with van der Waals surface area (Å²) in [7, 11) is 0. The Labute approximate surface area is 184 Å². The van der Waals surface area contributed by atoms with Gasteiger partial charge in [-0.05, 0) is 24.3 Å². The number of pyridine rings is 1. The fourth-order valence-electron chi connectivity index (χ4n) is 4.16. The number of H-pyrrole nitrogens is 1. The van der Waals surface area contributed by atoms with Crippen molar-refractivity contribution in [2.75, 3.05) is 6.54 Å². The monoisotopic (exact) mass is 443 g/mol. The summed E-state index contributed by atoms with van der Waals surface area (Å²) in [5.41, 5.74) is 3.31. The van der Waals surface area contributed by atoms with Crippen molar-refractivity contribution in [1.29, 1.82) is 5.26 Å². The van der Waals surface area contributed by atoms with Gasteiger partial charge >= 0.3 is 0 Å². The third-order valence-corrected chi connectivity index (χ3v) is 6.76. The van der Waals surface area contributed by atoms with Gasteiger partial charge in [-0.2, -0.15) is 10.4 Å². The zero-order valence-electron chi connectivity index (χ0n) is 16.5. The molecule has 0 fully saturated rings. The maximum atomic E-state index is 14.3. The first kappa shape index (κ1) is 18.7. The van der Waals surface area contributed by atoms with Gasteiger partial charge in [-0.25, -0.2) is 18.9 Å². The summed E-state index contributed by atoms with van der Waals surface area (Å²) >= 11 is 1.35. The van der Waals surface area contributed by atoms with Crippen LogP contribution in [-0.4, -0.2) is 41.9 Å². The lowest BCUT2D eigenvalue weighted by molar-refractivity contribution is 0.0692. The number of fused-ring (bicyclic) bond motifs is 3. The molecule has 0 saturated heterocycles. The minimum atomic E-state index is -0.552. The highest BCUT2D eigenvalue weighted by atomic mass is 32.1. The van der Waals surface area contributed by atoms with Gasteiger partial charge in [0.2, 0.25) is 0 Å². The molecule has 8 nitrogen and oxygen atoms in total. The van der Waals surface area contributed by atoms with Crippen LogP contribution in [0.2, 0.25) is 0 Å². The third kappa shape index (κ3) is 2.72. The zero-order valence-corrected chi connectivity index (χ0v) is 17.3. The van der Waals surface area contributed by atoms with Crippen LogP contribution in [0.4, 0.5) is 4.39 Å². The minimum absolute atomic E-state index is 0.242. The number of halogens is 1. The summed E-state index contributed by atoms with van der Waals surface area (Å²) in [5.74, 6) is -0.638. The maximum Gasteiger partial charge on any atom is 0.258 e. The molecule has 0 radical (unpaired) electrons. The zero-order chi connectivity index (χ0) is 21.8. The van der Waals surface area contributed by atoms with E-state index >= 15 is 0 Å². The SMILES string of the molecule is N#Cc1ccn2ncc(C(=O)N3CCc4[nH]cnc4[C@H]3c3nc4c(F)cccc4s3)c2c1. The molecule has 6 rings (SSSR count). The smallest absolute Gasteiger partial charge is 0.258 e. The molecular formula is C22H14FN7OS. The van der Waals surface area contributed by atoms with E-state index in [9.17, 15) is 14.4 Å². The Bertz CT molecular complexity index is 1560. The van der Waals surface area contributed by atoms with E-state index < -0.39 is 11.9 Å². The van der Waals surface area contributed by atoms with Crippen LogP contribution in [0.1, 0.15) is 38.4 Å². The van der Waals surface area contributed by atoms with Gasteiger partial charge in [-0.15, -0.1) is 11.3 Å². The van der Waals surface area contributed by atoms with Crippen LogP contribution in [0.15, 0.2) is 49.1 Å². The van der Waals surface area contributed by atoms with E-state index in [1.165, 1.54) is 23.6 Å². The number of carbonyl (C=O) groups is 1. The van der Waals surface area contributed by atoms with Gasteiger partial charge in [0.15, 0.2) is 0 Å². The summed E-state index contributed by atoms with van der Waals surface area (Å²) < 4.78 is 16.6. The third-order valence-electron chi connectivity index (χ3n) is 5.69. The number of nitrogens with one attached hydrogen (secondary N) is 1. The lowest BCUT2D eigenvalue weighted by Gasteiger charge is -2.33. The molecule has 5 aromatic rings. The summed E-state index contributed by atoms with van der Waals surface area (Å²) in [4.78, 5) is 27.6. The molecule has 1 aliphatic heterocycles. The second kappa shape index (κ2) is 6.96. The number of imidazole rings is 1. The topological polar surface area (TPSA) is 103 Å². The molecule has 0 bridgehead atoms. The molecule has 1 amide bonds. The largest absolute Gasteiger partial charge is 0.348 e. The number of hydrogen-bond acceptors (Lipinski definition) is 6. The Morgan fingerprint density at radius 1 is 1.34 bits per heavy atom. The van der Waals surface area contributed by atoms with E-state index in [1.807, 2.05) is 6.07 Å². The van der Waals surface area contributed by atoms with E-state index in [0.29, 0.717) is 45.0 Å². The highest BCUT2D eigenvalue weighted by Gasteiger charge is 2.37. The first-order chi connectivity index (χ1) is 15.6. The van der Waals surface area contributed by atoms with Crippen molar-refractivity contribution >= 4 is 33.0 Å². The maximum absolute atomic E-state index is 14.3. The minimum Gasteiger partial charge on any atom is -0.348 e. The van der Waals surface area contributed by atoms with Crippen LogP contribution in [-0.2, 0) is 6.42 Å². The molecule has 156 valence electrons. The number of benzene rings is 1. The normalized spacial score (nSPS) is 15.8. The molecule has 5 heterocycles. The van der Waals surface area contributed by atoms with E-state index in [1.54, 1.807) is 40.1 Å². The molecule has 0 aliphatic carbocycles. The lowest BCUT2D eigenvalue weighted by Crippen LogP contribution is -2.40. The van der Waals surface area contributed by atoms with Crippen LogP contribution in [0.25, 0.3) is 15.7 Å². The van der Waals surface area contributed by atoms with Crippen LogP contribution in [0.5, 0.6) is 0 Å². The predicted octanol–water partition coefficient (Wildman–Crippen LogP) is 3.47. The number of thiazole rings is 1. The number of carbonyl (C=O) groups excluding carboxylic acids is 1. The number of nitrogens with zero attached hydrogens (tertiary/aromatic N) is 6. The van der Waals surface area contributed by atoms with Crippen molar-refractivity contribution < 1.29 is 9.18 Å². The fourth-order valence-corrected chi connectivity index (χ4v) is 5.26. The van der Waals surface area contributed by atoms with Gasteiger partial charge in [-0.1, -0.05) is 6.07 Å². The molecule has 0 spiro atoms. The van der Waals surface area contributed by atoms with Gasteiger partial charge in [0.1, 0.15) is 22.4 Å². The number of hydrogen-bond donors (Lipinski definition) is 1. The summed E-state index contributed by atoms with van der Waals surface area (Å²) in [5, 5.41) is 14.1. The van der Waals surface area contributed by atoms with Gasteiger partial charge in [0.25, 0.3) is 5.91 Å². The molecule has 1 atom stereocenters. The summed E-state index contributed by atoms with van der Waals surface area (Å²) in [6.45, 7) is 0.437. The highest BCUT2D eigenvalue weighted by molar-refractivity contribution is 7.18. The molecule has 1 aliphatic rings. The molecule has 1 N–H and O–H groups in total. The number of amides is 1. The number of nitriles is 1. The quantitative estimate of drug-likeness (QED) is 0.450. The van der Waals surface area contributed by atoms with Crippen molar-refractivity contribution in [3.05, 3.63) is 82.4 Å². The molecular weight excluding hydrogens is 429 g/mol. The first-order valence-corrected chi connectivity index (χ1v) is 10.7. The van der Waals surface area contributed by atoms with Crippen molar-refractivity contribution in [2.45, 2.75) is 12.5 Å². The molecule has 1 aromatic carbocycles. The number of aromatic amines is 1. The van der Waals surface area contributed by atoms with Crippen LogP contribution in [0.3, 0.4) is 0 Å². The Morgan fingerprint density at radius 3 is 3.09 bits per heavy atom. The van der Waals surface area contributed by atoms with E-state index in [2.05, 4.69) is 26.1 Å². The van der Waals surface area contributed by atoms with E-state index in [4.69, 9.17) is 0 Å². The van der Waals surface area contributed by atoms with Gasteiger partial charge in [0.05, 0.1) is 45.6 Å². The Kier molecular flexibility index (Phi) is 4.06. The second-order valence-electron chi connectivity index (χ2n) is 7.47. The Hall–Kier alpha value is -4.10. The average Bonchev–Trinajstić information content (AvgIpc) is 3.55. The molecule has 4 aromatic heterocycles. The Balaban J connectivity index is 1.50. The first-order valence-electron chi connectivity index (χ1n) is 9.89. The number of rotatable bonds is 2. The summed E-state index contributed by atoms with van der Waals surface area (Å²) in [6.07, 6.45) is 5.38. The van der Waals surface area contributed by atoms with Gasteiger partial charge in [-0.3, -0.25) is 4.79 Å². The van der Waals surface area contributed by atoms with Crippen LogP contribution >= 0.6 is 11.3 Å². The van der Waals surface area contributed by atoms with Crippen LogP contribution in [0, 0.1) is 17.1 Å². The predicted molar refractivity (Wildman–Crippen MR) is 115 cm³/mol. The summed E-state index contributed by atoms with van der Waals surface area (Å²) in [6, 6.07) is 9.67. The molecule has 10 heteroatoms. The van der Waals surface area contributed by atoms with E-state index in [-0.39, 0.29) is 11.4 Å². The highest BCUT2D eigenvalue weighted by Crippen LogP contribution is 2.38. The van der Waals surface area contributed by atoms with Crippen molar-refractivity contribution in [2.24, 2.45) is 0 Å².